The third-order valence-electron chi connectivity index (χ3n) is 7.28. The Bertz CT molecular complexity index is 1310. The van der Waals surface area contributed by atoms with Gasteiger partial charge in [-0.15, -0.1) is 0 Å². The van der Waals surface area contributed by atoms with Gasteiger partial charge in [-0.3, -0.25) is 9.30 Å². The summed E-state index contributed by atoms with van der Waals surface area (Å²) in [5, 5.41) is 0. The first-order chi connectivity index (χ1) is 16.3. The number of imidazole rings is 1. The van der Waals surface area contributed by atoms with Crippen LogP contribution in [-0.4, -0.2) is 30.3 Å². The van der Waals surface area contributed by atoms with Gasteiger partial charge in [0, 0.05) is 43.1 Å². The van der Waals surface area contributed by atoms with Crippen LogP contribution in [0.1, 0.15) is 42.5 Å². The summed E-state index contributed by atoms with van der Waals surface area (Å²) in [4.78, 5) is 15.1. The Labute approximate surface area is 194 Å². The van der Waals surface area contributed by atoms with Crippen molar-refractivity contribution in [2.45, 2.75) is 44.8 Å². The van der Waals surface area contributed by atoms with E-state index in [0.29, 0.717) is 17.9 Å². The van der Waals surface area contributed by atoms with E-state index in [1.807, 2.05) is 12.4 Å². The zero-order chi connectivity index (χ0) is 22.2. The van der Waals surface area contributed by atoms with Gasteiger partial charge in [0.2, 0.25) is 0 Å². The van der Waals surface area contributed by atoms with Gasteiger partial charge in [-0.25, -0.2) is 9.97 Å². The van der Waals surface area contributed by atoms with Crippen LogP contribution in [0.5, 0.6) is 0 Å². The van der Waals surface area contributed by atoms with Gasteiger partial charge in [-0.2, -0.15) is 0 Å². The van der Waals surface area contributed by atoms with E-state index in [-0.39, 0.29) is 0 Å². The van der Waals surface area contributed by atoms with Gasteiger partial charge in [0.25, 0.3) is 0 Å². The summed E-state index contributed by atoms with van der Waals surface area (Å²) < 4.78 is 2.31. The number of aromatic nitrogens is 4. The molecule has 1 N–H and O–H groups in total. The van der Waals surface area contributed by atoms with Crippen LogP contribution in [-0.2, 0) is 13.1 Å². The molecular formula is C28H29N5. The molecule has 3 aromatic heterocycles. The Morgan fingerprint density at radius 2 is 1.58 bits per heavy atom. The van der Waals surface area contributed by atoms with Crippen LogP contribution in [0.2, 0.25) is 0 Å². The average molecular weight is 436 g/mol. The predicted molar refractivity (Wildman–Crippen MR) is 132 cm³/mol. The molecule has 0 spiro atoms. The molecule has 3 atom stereocenters. The minimum Gasteiger partial charge on any atom is -0.345 e. The Morgan fingerprint density at radius 3 is 2.27 bits per heavy atom. The maximum atomic E-state index is 4.71. The van der Waals surface area contributed by atoms with Gasteiger partial charge in [0.1, 0.15) is 0 Å². The SMILES string of the molecule is C[C@@H]1C[C@H](N(Cc2ccccc2)Cc2ccccc2)C[C@@H]1c1cnc2cnc3[nH]ccc3n12. The number of fused-ring (bicyclic) bond motifs is 3. The minimum absolute atomic E-state index is 0.472. The van der Waals surface area contributed by atoms with E-state index in [2.05, 4.69) is 99.1 Å². The molecule has 0 bridgehead atoms. The molecular weight excluding hydrogens is 406 g/mol. The first-order valence-electron chi connectivity index (χ1n) is 11.9. The molecule has 0 aliphatic heterocycles. The molecule has 0 saturated heterocycles. The fourth-order valence-corrected chi connectivity index (χ4v) is 5.63. The summed E-state index contributed by atoms with van der Waals surface area (Å²) in [6.07, 6.45) is 8.24. The molecule has 0 unspecified atom stereocenters. The quantitative estimate of drug-likeness (QED) is 0.367. The Kier molecular flexibility index (Phi) is 5.19. The van der Waals surface area contributed by atoms with E-state index in [1.165, 1.54) is 23.2 Å². The van der Waals surface area contributed by atoms with Crippen LogP contribution in [0, 0.1) is 5.92 Å². The molecule has 5 nitrogen and oxygen atoms in total. The predicted octanol–water partition coefficient (Wildman–Crippen LogP) is 5.80. The molecule has 166 valence electrons. The maximum Gasteiger partial charge on any atom is 0.156 e. The Hall–Kier alpha value is -3.44. The zero-order valence-corrected chi connectivity index (χ0v) is 18.9. The number of nitrogens with one attached hydrogen (secondary N) is 1. The molecule has 1 saturated carbocycles. The van der Waals surface area contributed by atoms with E-state index in [0.717, 1.165) is 36.3 Å². The van der Waals surface area contributed by atoms with E-state index >= 15 is 0 Å². The molecule has 1 aliphatic rings. The first-order valence-corrected chi connectivity index (χ1v) is 11.9. The lowest BCUT2D eigenvalue weighted by atomic mass is 9.95. The van der Waals surface area contributed by atoms with E-state index in [1.54, 1.807) is 0 Å². The van der Waals surface area contributed by atoms with Crippen molar-refractivity contribution in [2.24, 2.45) is 5.92 Å². The lowest BCUT2D eigenvalue weighted by molar-refractivity contribution is 0.176. The molecule has 0 radical (unpaired) electrons. The Morgan fingerprint density at radius 1 is 0.879 bits per heavy atom. The summed E-state index contributed by atoms with van der Waals surface area (Å²) >= 11 is 0. The molecule has 5 aromatic rings. The molecule has 5 heteroatoms. The maximum absolute atomic E-state index is 4.71. The second-order valence-corrected chi connectivity index (χ2v) is 9.43. The lowest BCUT2D eigenvalue weighted by Gasteiger charge is -2.29. The van der Waals surface area contributed by atoms with Crippen LogP contribution in [0.4, 0.5) is 0 Å². The van der Waals surface area contributed by atoms with Crippen molar-refractivity contribution in [1.29, 1.82) is 0 Å². The van der Waals surface area contributed by atoms with Crippen molar-refractivity contribution in [1.82, 2.24) is 24.3 Å². The van der Waals surface area contributed by atoms with Crippen molar-refractivity contribution in [3.8, 4) is 0 Å². The highest BCUT2D eigenvalue weighted by molar-refractivity contribution is 5.74. The normalized spacial score (nSPS) is 20.8. The van der Waals surface area contributed by atoms with Crippen molar-refractivity contribution >= 4 is 16.8 Å². The van der Waals surface area contributed by atoms with Crippen molar-refractivity contribution in [2.75, 3.05) is 0 Å². The zero-order valence-electron chi connectivity index (χ0n) is 18.9. The summed E-state index contributed by atoms with van der Waals surface area (Å²) in [6.45, 7) is 4.35. The largest absolute Gasteiger partial charge is 0.345 e. The minimum atomic E-state index is 0.472. The summed E-state index contributed by atoms with van der Waals surface area (Å²) in [5.74, 6) is 1.06. The van der Waals surface area contributed by atoms with Crippen molar-refractivity contribution < 1.29 is 0 Å². The summed E-state index contributed by atoms with van der Waals surface area (Å²) in [5.41, 5.74) is 7.02. The van der Waals surface area contributed by atoms with Crippen molar-refractivity contribution in [3.63, 3.8) is 0 Å². The fourth-order valence-electron chi connectivity index (χ4n) is 5.63. The molecule has 33 heavy (non-hydrogen) atoms. The number of benzene rings is 2. The number of aromatic amines is 1. The second-order valence-electron chi connectivity index (χ2n) is 9.43. The second kappa shape index (κ2) is 8.49. The lowest BCUT2D eigenvalue weighted by Crippen LogP contribution is -2.32. The van der Waals surface area contributed by atoms with E-state index in [4.69, 9.17) is 4.98 Å². The number of hydrogen-bond donors (Lipinski definition) is 1. The van der Waals surface area contributed by atoms with Crippen LogP contribution >= 0.6 is 0 Å². The topological polar surface area (TPSA) is 49.2 Å². The Balaban J connectivity index is 1.32. The molecule has 3 heterocycles. The van der Waals surface area contributed by atoms with Crippen LogP contribution in [0.25, 0.3) is 16.8 Å². The van der Waals surface area contributed by atoms with E-state index in [9.17, 15) is 0 Å². The standard InChI is InChI=1S/C28H29N5/c1-20-14-23(32(18-21-8-4-2-5-9-21)19-22-10-6-3-7-11-22)15-24(20)26-16-30-27-17-31-28-25(33(26)27)12-13-29-28/h2-13,16-17,20,23-24,29H,14-15,18-19H2,1H3/t20-,23+,24+/m1/s1. The van der Waals surface area contributed by atoms with Gasteiger partial charge >= 0.3 is 0 Å². The number of H-pyrrole nitrogens is 1. The third kappa shape index (κ3) is 3.83. The molecule has 1 aliphatic carbocycles. The van der Waals surface area contributed by atoms with Gasteiger partial charge in [-0.1, -0.05) is 67.6 Å². The highest BCUT2D eigenvalue weighted by Gasteiger charge is 2.37. The van der Waals surface area contributed by atoms with Crippen LogP contribution in [0.15, 0.2) is 85.3 Å². The monoisotopic (exact) mass is 435 g/mol. The average Bonchev–Trinajstić information content (AvgIpc) is 3.57. The van der Waals surface area contributed by atoms with Gasteiger partial charge < -0.3 is 4.98 Å². The number of rotatable bonds is 6. The van der Waals surface area contributed by atoms with Gasteiger partial charge in [0.15, 0.2) is 11.3 Å². The first kappa shape index (κ1) is 20.2. The fraction of sp³-hybridized carbons (Fsp3) is 0.286. The molecule has 1 fully saturated rings. The summed E-state index contributed by atoms with van der Waals surface area (Å²) in [7, 11) is 0. The van der Waals surface area contributed by atoms with E-state index < -0.39 is 0 Å². The van der Waals surface area contributed by atoms with Crippen LogP contribution in [0.3, 0.4) is 0 Å². The highest BCUT2D eigenvalue weighted by Crippen LogP contribution is 2.43. The van der Waals surface area contributed by atoms with Gasteiger partial charge in [-0.05, 0) is 36.0 Å². The molecule has 6 rings (SSSR count). The summed E-state index contributed by atoms with van der Waals surface area (Å²) in [6, 6.07) is 24.4. The molecule has 2 aromatic carbocycles. The van der Waals surface area contributed by atoms with Crippen LogP contribution < -0.4 is 0 Å². The third-order valence-corrected chi connectivity index (χ3v) is 7.28. The van der Waals surface area contributed by atoms with Crippen molar-refractivity contribution in [3.05, 3.63) is 102 Å². The van der Waals surface area contributed by atoms with Gasteiger partial charge in [0.05, 0.1) is 11.7 Å². The molecule has 0 amide bonds. The smallest absolute Gasteiger partial charge is 0.156 e. The number of nitrogens with zero attached hydrogens (tertiary/aromatic N) is 4. The highest BCUT2D eigenvalue weighted by atomic mass is 15.2. The number of hydrogen-bond acceptors (Lipinski definition) is 3.